The summed E-state index contributed by atoms with van der Waals surface area (Å²) in [6.07, 6.45) is 0. The van der Waals surface area contributed by atoms with Gasteiger partial charge in [-0.2, -0.15) is 0 Å². The molecule has 1 nitrogen and oxygen atoms in total. The van der Waals surface area contributed by atoms with Crippen LogP contribution in [0.5, 0.6) is 0 Å². The molecular weight excluding hydrogens is 721 g/mol. The largest absolute Gasteiger partial charge is 0.456 e. The molecule has 0 amide bonds. The van der Waals surface area contributed by atoms with E-state index in [0.717, 1.165) is 11.2 Å². The molecule has 13 aromatic rings. The number of hydrogen-bond acceptors (Lipinski definition) is 2. The van der Waals surface area contributed by atoms with Gasteiger partial charge in [0.2, 0.25) is 0 Å². The third kappa shape index (κ3) is 4.46. The molecule has 13 rings (SSSR count). The molecule has 0 aliphatic heterocycles. The van der Waals surface area contributed by atoms with E-state index in [4.69, 9.17) is 4.42 Å². The fourth-order valence-electron chi connectivity index (χ4n) is 9.99. The maximum absolute atomic E-state index is 6.83. The average molecular weight is 753 g/mol. The zero-order chi connectivity index (χ0) is 37.9. The Bertz CT molecular complexity index is 3810. The van der Waals surface area contributed by atoms with Crippen molar-refractivity contribution in [2.45, 2.75) is 0 Å². The number of rotatable bonds is 3. The van der Waals surface area contributed by atoms with E-state index >= 15 is 0 Å². The second-order valence-corrected chi connectivity index (χ2v) is 16.5. The molecule has 2 heteroatoms. The summed E-state index contributed by atoms with van der Waals surface area (Å²) in [7, 11) is 0. The van der Waals surface area contributed by atoms with Crippen LogP contribution in [0.1, 0.15) is 0 Å². The summed E-state index contributed by atoms with van der Waals surface area (Å²) in [4.78, 5) is 0. The highest BCUT2D eigenvalue weighted by atomic mass is 32.1. The summed E-state index contributed by atoms with van der Waals surface area (Å²) in [6.45, 7) is 0. The fraction of sp³-hybridized carbons (Fsp3) is 0. The van der Waals surface area contributed by atoms with Crippen LogP contribution in [0.4, 0.5) is 0 Å². The van der Waals surface area contributed by atoms with Gasteiger partial charge in [-0.05, 0) is 118 Å². The monoisotopic (exact) mass is 752 g/mol. The van der Waals surface area contributed by atoms with Crippen LogP contribution in [0.15, 0.2) is 199 Å². The molecule has 0 bridgehead atoms. The van der Waals surface area contributed by atoms with Crippen molar-refractivity contribution in [2.24, 2.45) is 0 Å². The molecule has 0 spiro atoms. The predicted octanol–water partition coefficient (Wildman–Crippen LogP) is 16.7. The highest BCUT2D eigenvalue weighted by Crippen LogP contribution is 2.49. The van der Waals surface area contributed by atoms with Crippen LogP contribution < -0.4 is 0 Å². The predicted molar refractivity (Wildman–Crippen MR) is 250 cm³/mol. The molecule has 58 heavy (non-hydrogen) atoms. The molecule has 0 unspecified atom stereocenters. The van der Waals surface area contributed by atoms with Gasteiger partial charge in [-0.25, -0.2) is 0 Å². The highest BCUT2D eigenvalue weighted by Gasteiger charge is 2.22. The molecular formula is C56H32OS. The van der Waals surface area contributed by atoms with Gasteiger partial charge in [0.05, 0.1) is 0 Å². The van der Waals surface area contributed by atoms with Crippen molar-refractivity contribution in [3.8, 4) is 33.4 Å². The molecule has 0 fully saturated rings. The Hall–Kier alpha value is -7.26. The van der Waals surface area contributed by atoms with Crippen molar-refractivity contribution in [3.05, 3.63) is 194 Å². The van der Waals surface area contributed by atoms with E-state index in [9.17, 15) is 0 Å². The first-order chi connectivity index (χ1) is 28.8. The topological polar surface area (TPSA) is 13.1 Å². The summed E-state index contributed by atoms with van der Waals surface area (Å²) < 4.78 is 9.42. The Morgan fingerprint density at radius 3 is 1.57 bits per heavy atom. The van der Waals surface area contributed by atoms with Crippen LogP contribution in [0.25, 0.3) is 129 Å². The third-order valence-electron chi connectivity index (χ3n) is 12.4. The van der Waals surface area contributed by atoms with Crippen molar-refractivity contribution < 1.29 is 4.42 Å². The Labute approximate surface area is 337 Å². The highest BCUT2D eigenvalue weighted by molar-refractivity contribution is 7.26. The lowest BCUT2D eigenvalue weighted by molar-refractivity contribution is 0.669. The van der Waals surface area contributed by atoms with Crippen molar-refractivity contribution in [1.82, 2.24) is 0 Å². The number of benzene rings is 11. The molecule has 0 N–H and O–H groups in total. The molecule has 0 radical (unpaired) electrons. The average Bonchev–Trinajstić information content (AvgIpc) is 3.86. The van der Waals surface area contributed by atoms with E-state index in [1.807, 2.05) is 11.3 Å². The quantitative estimate of drug-likeness (QED) is 0.164. The molecule has 0 saturated carbocycles. The molecule has 2 heterocycles. The van der Waals surface area contributed by atoms with Crippen LogP contribution in [0, 0.1) is 0 Å². The second kappa shape index (κ2) is 12.1. The van der Waals surface area contributed by atoms with E-state index < -0.39 is 0 Å². The fourth-order valence-corrected chi connectivity index (χ4v) is 11.1. The van der Waals surface area contributed by atoms with Gasteiger partial charge in [0.25, 0.3) is 0 Å². The summed E-state index contributed by atoms with van der Waals surface area (Å²) in [5, 5.41) is 17.4. The van der Waals surface area contributed by atoms with E-state index in [0.29, 0.717) is 0 Å². The van der Waals surface area contributed by atoms with E-state index in [1.54, 1.807) is 0 Å². The zero-order valence-electron chi connectivity index (χ0n) is 31.3. The molecule has 0 aliphatic rings. The normalized spacial score (nSPS) is 12.1. The third-order valence-corrected chi connectivity index (χ3v) is 13.6. The van der Waals surface area contributed by atoms with Crippen LogP contribution in [0.2, 0.25) is 0 Å². The van der Waals surface area contributed by atoms with Gasteiger partial charge in [-0.1, -0.05) is 164 Å². The standard InChI is InChI=1S/C56H32OS/c1-2-14-34-31-35(26-25-33(34)13-1)52-41-19-7-9-21-43(41)53(44-22-10-8-20-42(44)52)45-28-27-39(36-15-3-4-16-37(36)45)47-32-49-54(40-18-6-5-17-38(40)47)56-48(57-49)29-30-51-55(56)46-23-11-12-24-50(46)58-51/h1-32H. The van der Waals surface area contributed by atoms with Crippen LogP contribution in [0.3, 0.4) is 0 Å². The maximum Gasteiger partial charge on any atom is 0.136 e. The van der Waals surface area contributed by atoms with Gasteiger partial charge in [-0.3, -0.25) is 0 Å². The van der Waals surface area contributed by atoms with E-state index in [-0.39, 0.29) is 0 Å². The lowest BCUT2D eigenvalue weighted by Gasteiger charge is -2.20. The summed E-state index contributed by atoms with van der Waals surface area (Å²) >= 11 is 1.85. The number of hydrogen-bond donors (Lipinski definition) is 0. The first-order valence-corrected chi connectivity index (χ1v) is 20.7. The van der Waals surface area contributed by atoms with E-state index in [2.05, 4.69) is 194 Å². The van der Waals surface area contributed by atoms with Crippen LogP contribution in [-0.2, 0) is 0 Å². The molecule has 0 saturated heterocycles. The number of fused-ring (bicyclic) bond motifs is 13. The lowest BCUT2D eigenvalue weighted by atomic mass is 9.83. The van der Waals surface area contributed by atoms with Crippen molar-refractivity contribution >= 4 is 107 Å². The van der Waals surface area contributed by atoms with Crippen molar-refractivity contribution in [3.63, 3.8) is 0 Å². The minimum atomic E-state index is 0.918. The molecule has 0 aliphatic carbocycles. The van der Waals surface area contributed by atoms with Crippen molar-refractivity contribution in [2.75, 3.05) is 0 Å². The number of thiophene rings is 1. The van der Waals surface area contributed by atoms with Gasteiger partial charge in [0.15, 0.2) is 0 Å². The van der Waals surface area contributed by atoms with Gasteiger partial charge in [0, 0.05) is 30.9 Å². The minimum Gasteiger partial charge on any atom is -0.456 e. The van der Waals surface area contributed by atoms with Crippen LogP contribution >= 0.6 is 11.3 Å². The summed E-state index contributed by atoms with van der Waals surface area (Å²) in [6, 6.07) is 71.4. The molecule has 268 valence electrons. The van der Waals surface area contributed by atoms with Crippen LogP contribution in [-0.4, -0.2) is 0 Å². The Balaban J connectivity index is 1.08. The van der Waals surface area contributed by atoms with Gasteiger partial charge < -0.3 is 4.42 Å². The molecule has 0 atom stereocenters. The maximum atomic E-state index is 6.83. The van der Waals surface area contributed by atoms with Gasteiger partial charge >= 0.3 is 0 Å². The van der Waals surface area contributed by atoms with Gasteiger partial charge in [-0.15, -0.1) is 11.3 Å². The van der Waals surface area contributed by atoms with Crippen molar-refractivity contribution in [1.29, 1.82) is 0 Å². The summed E-state index contributed by atoms with van der Waals surface area (Å²) in [5.41, 5.74) is 9.24. The smallest absolute Gasteiger partial charge is 0.136 e. The number of furan rings is 1. The molecule has 2 aromatic heterocycles. The Morgan fingerprint density at radius 1 is 0.293 bits per heavy atom. The first kappa shape index (κ1) is 31.9. The Morgan fingerprint density at radius 2 is 0.845 bits per heavy atom. The first-order valence-electron chi connectivity index (χ1n) is 19.9. The Kier molecular flexibility index (Phi) is 6.66. The van der Waals surface area contributed by atoms with Gasteiger partial charge in [0.1, 0.15) is 11.2 Å². The molecule has 11 aromatic carbocycles. The SMILES string of the molecule is c1ccc2cc(-c3c4ccccc4c(-c4ccc(-c5cc6oc7ccc8sc9ccccc9c8c7c6c6ccccc56)c5ccccc45)c4ccccc34)ccc2c1. The second-order valence-electron chi connectivity index (χ2n) is 15.5. The minimum absolute atomic E-state index is 0.918. The van der Waals surface area contributed by atoms with E-state index in [1.165, 1.54) is 118 Å². The zero-order valence-corrected chi connectivity index (χ0v) is 32.1. The lowest BCUT2D eigenvalue weighted by Crippen LogP contribution is -1.93. The summed E-state index contributed by atoms with van der Waals surface area (Å²) in [5.74, 6) is 0.